The molecule has 4 aromatic rings. The molecule has 0 atom stereocenters. The SMILES string of the molecule is Cc1nn(-c2ccccc2)c(C)c1CN(C)C(=O)c1cc(C)n(-c2nccs2)c1C. The first-order chi connectivity index (χ1) is 14.4. The molecule has 0 fully saturated rings. The van der Waals surface area contributed by atoms with Gasteiger partial charge < -0.3 is 4.90 Å². The standard InChI is InChI=1S/C23H25N5OS/c1-15-13-20(17(3)27(15)23-24-11-12-30-23)22(29)26(5)14-21-16(2)25-28(18(21)4)19-9-7-6-8-10-19/h6-13H,14H2,1-5H3. The molecule has 0 saturated heterocycles. The van der Waals surface area contributed by atoms with Crippen LogP contribution >= 0.6 is 11.3 Å². The maximum atomic E-state index is 13.3. The van der Waals surface area contributed by atoms with E-state index in [9.17, 15) is 4.79 Å². The molecule has 7 heteroatoms. The van der Waals surface area contributed by atoms with E-state index in [1.165, 1.54) is 0 Å². The molecule has 30 heavy (non-hydrogen) atoms. The molecule has 0 unspecified atom stereocenters. The number of amides is 1. The average molecular weight is 420 g/mol. The molecular weight excluding hydrogens is 394 g/mol. The van der Waals surface area contributed by atoms with Crippen LogP contribution < -0.4 is 0 Å². The molecule has 0 spiro atoms. The number of hydrogen-bond acceptors (Lipinski definition) is 4. The Balaban J connectivity index is 1.61. The van der Waals surface area contributed by atoms with Crippen LogP contribution in [0, 0.1) is 27.7 Å². The minimum Gasteiger partial charge on any atom is -0.337 e. The lowest BCUT2D eigenvalue weighted by Crippen LogP contribution is -2.27. The summed E-state index contributed by atoms with van der Waals surface area (Å²) in [7, 11) is 1.84. The highest BCUT2D eigenvalue weighted by molar-refractivity contribution is 7.12. The van der Waals surface area contributed by atoms with Crippen LogP contribution in [-0.2, 0) is 6.54 Å². The minimum atomic E-state index is -0.00262. The molecular formula is C23H25N5OS. The first-order valence-corrected chi connectivity index (χ1v) is 10.7. The Morgan fingerprint density at radius 2 is 1.83 bits per heavy atom. The molecule has 0 bridgehead atoms. The molecule has 4 rings (SSSR count). The van der Waals surface area contributed by atoms with Crippen LogP contribution in [-0.4, -0.2) is 37.2 Å². The van der Waals surface area contributed by atoms with Crippen LogP contribution in [0.25, 0.3) is 10.8 Å². The van der Waals surface area contributed by atoms with Crippen molar-refractivity contribution in [1.29, 1.82) is 0 Å². The van der Waals surface area contributed by atoms with Gasteiger partial charge in [-0.15, -0.1) is 11.3 Å². The zero-order valence-corrected chi connectivity index (χ0v) is 18.7. The van der Waals surface area contributed by atoms with Gasteiger partial charge in [-0.1, -0.05) is 18.2 Å². The fraction of sp³-hybridized carbons (Fsp3) is 0.261. The molecule has 0 N–H and O–H groups in total. The zero-order chi connectivity index (χ0) is 21.4. The fourth-order valence-electron chi connectivity index (χ4n) is 3.84. The third-order valence-corrected chi connectivity index (χ3v) is 6.21. The lowest BCUT2D eigenvalue weighted by Gasteiger charge is -2.18. The number of thiazole rings is 1. The largest absolute Gasteiger partial charge is 0.337 e. The number of nitrogens with zero attached hydrogens (tertiary/aromatic N) is 5. The molecule has 0 saturated carbocycles. The molecule has 1 amide bonds. The van der Waals surface area contributed by atoms with Crippen molar-refractivity contribution < 1.29 is 4.79 Å². The van der Waals surface area contributed by atoms with Gasteiger partial charge in [-0.2, -0.15) is 5.10 Å². The van der Waals surface area contributed by atoms with Crippen molar-refractivity contribution in [2.24, 2.45) is 0 Å². The van der Waals surface area contributed by atoms with Gasteiger partial charge >= 0.3 is 0 Å². The van der Waals surface area contributed by atoms with E-state index in [-0.39, 0.29) is 5.91 Å². The molecule has 6 nitrogen and oxygen atoms in total. The van der Waals surface area contributed by atoms with Gasteiger partial charge in [0.1, 0.15) is 0 Å². The van der Waals surface area contributed by atoms with E-state index in [2.05, 4.69) is 11.9 Å². The number of carbonyl (C=O) groups excluding carboxylic acids is 1. The number of aromatic nitrogens is 4. The molecule has 3 heterocycles. The quantitative estimate of drug-likeness (QED) is 0.474. The van der Waals surface area contributed by atoms with E-state index >= 15 is 0 Å². The Morgan fingerprint density at radius 3 is 2.50 bits per heavy atom. The first kappa shape index (κ1) is 20.1. The molecule has 0 radical (unpaired) electrons. The zero-order valence-electron chi connectivity index (χ0n) is 17.9. The van der Waals surface area contributed by atoms with Crippen molar-refractivity contribution in [1.82, 2.24) is 24.2 Å². The van der Waals surface area contributed by atoms with Gasteiger partial charge in [0.15, 0.2) is 5.13 Å². The Hall–Kier alpha value is -3.19. The summed E-state index contributed by atoms with van der Waals surface area (Å²) in [4.78, 5) is 19.4. The number of hydrogen-bond donors (Lipinski definition) is 0. The third-order valence-electron chi connectivity index (χ3n) is 5.46. The van der Waals surface area contributed by atoms with Crippen LogP contribution in [0.4, 0.5) is 0 Å². The van der Waals surface area contributed by atoms with Crippen molar-refractivity contribution in [2.75, 3.05) is 7.05 Å². The second kappa shape index (κ2) is 7.91. The third kappa shape index (κ3) is 3.45. The summed E-state index contributed by atoms with van der Waals surface area (Å²) in [5.41, 5.74) is 6.69. The normalized spacial score (nSPS) is 11.1. The fourth-order valence-corrected chi connectivity index (χ4v) is 4.59. The summed E-state index contributed by atoms with van der Waals surface area (Å²) in [6.45, 7) is 8.52. The predicted molar refractivity (Wildman–Crippen MR) is 120 cm³/mol. The van der Waals surface area contributed by atoms with E-state index in [0.29, 0.717) is 12.1 Å². The van der Waals surface area contributed by atoms with Gasteiger partial charge in [0.2, 0.25) is 0 Å². The van der Waals surface area contributed by atoms with Gasteiger partial charge in [0.05, 0.1) is 16.9 Å². The van der Waals surface area contributed by atoms with Gasteiger partial charge in [0, 0.05) is 47.8 Å². The Morgan fingerprint density at radius 1 is 1.10 bits per heavy atom. The van der Waals surface area contributed by atoms with E-state index in [1.54, 1.807) is 22.4 Å². The average Bonchev–Trinajstić information content (AvgIpc) is 3.43. The number of benzene rings is 1. The van der Waals surface area contributed by atoms with Crippen molar-refractivity contribution >= 4 is 17.2 Å². The lowest BCUT2D eigenvalue weighted by atomic mass is 10.1. The predicted octanol–water partition coefficient (Wildman–Crippen LogP) is 4.63. The Bertz CT molecular complexity index is 1190. The Kier molecular flexibility index (Phi) is 5.30. The number of para-hydroxylation sites is 1. The van der Waals surface area contributed by atoms with E-state index in [1.807, 2.05) is 78.8 Å². The summed E-state index contributed by atoms with van der Waals surface area (Å²) >= 11 is 1.56. The second-order valence-electron chi connectivity index (χ2n) is 7.49. The van der Waals surface area contributed by atoms with Crippen LogP contribution in [0.3, 0.4) is 0 Å². The smallest absolute Gasteiger partial charge is 0.255 e. The first-order valence-electron chi connectivity index (χ1n) is 9.83. The molecule has 0 aliphatic heterocycles. The maximum absolute atomic E-state index is 13.3. The molecule has 1 aromatic carbocycles. The summed E-state index contributed by atoms with van der Waals surface area (Å²) in [6.07, 6.45) is 1.78. The van der Waals surface area contributed by atoms with Crippen LogP contribution in [0.2, 0.25) is 0 Å². The topological polar surface area (TPSA) is 56.0 Å². The highest BCUT2D eigenvalue weighted by atomic mass is 32.1. The number of carbonyl (C=O) groups is 1. The maximum Gasteiger partial charge on any atom is 0.255 e. The van der Waals surface area contributed by atoms with E-state index in [4.69, 9.17) is 5.10 Å². The molecule has 0 aliphatic rings. The van der Waals surface area contributed by atoms with Crippen molar-refractivity contribution in [2.45, 2.75) is 34.2 Å². The van der Waals surface area contributed by atoms with Crippen molar-refractivity contribution in [3.05, 3.63) is 81.9 Å². The summed E-state index contributed by atoms with van der Waals surface area (Å²) in [5.74, 6) is -0.00262. The van der Waals surface area contributed by atoms with Crippen molar-refractivity contribution in [3.63, 3.8) is 0 Å². The molecule has 0 aliphatic carbocycles. The van der Waals surface area contributed by atoms with Gasteiger partial charge in [0.25, 0.3) is 5.91 Å². The number of aryl methyl sites for hydroxylation is 2. The molecule has 3 aromatic heterocycles. The number of rotatable bonds is 5. The summed E-state index contributed by atoms with van der Waals surface area (Å²) in [6, 6.07) is 12.0. The highest BCUT2D eigenvalue weighted by Gasteiger charge is 2.22. The summed E-state index contributed by atoms with van der Waals surface area (Å²) in [5, 5.41) is 7.52. The van der Waals surface area contributed by atoms with E-state index in [0.717, 1.165) is 39.2 Å². The van der Waals surface area contributed by atoms with Gasteiger partial charge in [-0.25, -0.2) is 9.67 Å². The van der Waals surface area contributed by atoms with Gasteiger partial charge in [-0.3, -0.25) is 9.36 Å². The highest BCUT2D eigenvalue weighted by Crippen LogP contribution is 2.25. The Labute approximate surface area is 180 Å². The molecule has 154 valence electrons. The van der Waals surface area contributed by atoms with Crippen LogP contribution in [0.5, 0.6) is 0 Å². The van der Waals surface area contributed by atoms with Crippen molar-refractivity contribution in [3.8, 4) is 10.8 Å². The van der Waals surface area contributed by atoms with Crippen LogP contribution in [0.1, 0.15) is 38.7 Å². The minimum absolute atomic E-state index is 0.00262. The second-order valence-corrected chi connectivity index (χ2v) is 8.37. The van der Waals surface area contributed by atoms with E-state index < -0.39 is 0 Å². The van der Waals surface area contributed by atoms with Crippen LogP contribution in [0.15, 0.2) is 48.0 Å². The summed E-state index contributed by atoms with van der Waals surface area (Å²) < 4.78 is 3.98. The monoisotopic (exact) mass is 419 g/mol. The van der Waals surface area contributed by atoms with Gasteiger partial charge in [-0.05, 0) is 45.9 Å². The lowest BCUT2D eigenvalue weighted by molar-refractivity contribution is 0.0784.